The van der Waals surface area contributed by atoms with Gasteiger partial charge in [-0.3, -0.25) is 0 Å². The van der Waals surface area contributed by atoms with Crippen molar-refractivity contribution in [3.8, 4) is 0 Å². The molecule has 0 bridgehead atoms. The van der Waals surface area contributed by atoms with Gasteiger partial charge in [0.2, 0.25) is 16.1 Å². The number of aryl methyl sites for hydroxylation is 2. The van der Waals surface area contributed by atoms with Gasteiger partial charge in [0.05, 0.1) is 10.9 Å². The minimum Gasteiger partial charge on any atom is -0.211 e. The van der Waals surface area contributed by atoms with Crippen LogP contribution in [0.5, 0.6) is 0 Å². The standard InChI is InChI=1S/C15H20N2O3S/c1-11-4-5-15(8-12(11)2)21(19,20)17-7-6-14(16-10-18)9-13(17)3/h4-5,8,13-14H,6-7,9H2,1-3H3. The zero-order chi connectivity index (χ0) is 15.6. The number of piperidine rings is 1. The molecular weight excluding hydrogens is 288 g/mol. The van der Waals surface area contributed by atoms with E-state index < -0.39 is 10.0 Å². The average molecular weight is 308 g/mol. The fourth-order valence-corrected chi connectivity index (χ4v) is 4.43. The van der Waals surface area contributed by atoms with Gasteiger partial charge in [-0.05, 0) is 56.9 Å². The third kappa shape index (κ3) is 3.23. The van der Waals surface area contributed by atoms with Crippen molar-refractivity contribution in [1.82, 2.24) is 4.31 Å². The van der Waals surface area contributed by atoms with E-state index in [-0.39, 0.29) is 12.1 Å². The highest BCUT2D eigenvalue weighted by atomic mass is 32.2. The van der Waals surface area contributed by atoms with Crippen LogP contribution >= 0.6 is 0 Å². The number of hydrogen-bond donors (Lipinski definition) is 0. The van der Waals surface area contributed by atoms with Crippen molar-refractivity contribution >= 4 is 16.1 Å². The number of benzene rings is 1. The Morgan fingerprint density at radius 3 is 2.57 bits per heavy atom. The smallest absolute Gasteiger partial charge is 0.211 e. The highest BCUT2D eigenvalue weighted by molar-refractivity contribution is 7.89. The molecule has 1 aromatic rings. The second-order valence-corrected chi connectivity index (χ2v) is 7.50. The summed E-state index contributed by atoms with van der Waals surface area (Å²) in [6, 6.07) is 4.90. The van der Waals surface area contributed by atoms with Crippen molar-refractivity contribution in [2.45, 2.75) is 50.6 Å². The summed E-state index contributed by atoms with van der Waals surface area (Å²) in [4.78, 5) is 14.4. The molecule has 1 aliphatic heterocycles. The Labute approximate surface area is 125 Å². The summed E-state index contributed by atoms with van der Waals surface area (Å²) in [6.07, 6.45) is 2.68. The topological polar surface area (TPSA) is 66.8 Å². The number of carbonyl (C=O) groups excluding carboxylic acids is 1. The maximum Gasteiger partial charge on any atom is 0.243 e. The molecule has 0 aliphatic carbocycles. The maximum absolute atomic E-state index is 12.7. The second kappa shape index (κ2) is 6.10. The molecule has 5 nitrogen and oxygen atoms in total. The van der Waals surface area contributed by atoms with Gasteiger partial charge in [-0.1, -0.05) is 6.07 Å². The first-order chi connectivity index (χ1) is 9.86. The number of nitrogens with zero attached hydrogens (tertiary/aromatic N) is 2. The Hall–Kier alpha value is -1.49. The number of isocyanates is 1. The molecule has 6 heteroatoms. The highest BCUT2D eigenvalue weighted by Crippen LogP contribution is 2.27. The van der Waals surface area contributed by atoms with Crippen LogP contribution in [0.4, 0.5) is 0 Å². The van der Waals surface area contributed by atoms with Gasteiger partial charge in [0.25, 0.3) is 0 Å². The van der Waals surface area contributed by atoms with E-state index in [4.69, 9.17) is 0 Å². The molecule has 1 aromatic carbocycles. The summed E-state index contributed by atoms with van der Waals surface area (Å²) in [7, 11) is -3.50. The van der Waals surface area contributed by atoms with Crippen LogP contribution < -0.4 is 0 Å². The first-order valence-corrected chi connectivity index (χ1v) is 8.46. The number of hydrogen-bond acceptors (Lipinski definition) is 4. The third-order valence-electron chi connectivity index (χ3n) is 4.11. The summed E-state index contributed by atoms with van der Waals surface area (Å²) in [5, 5.41) is 0. The minimum atomic E-state index is -3.50. The molecule has 1 fully saturated rings. The predicted molar refractivity (Wildman–Crippen MR) is 80.4 cm³/mol. The molecule has 1 heterocycles. The van der Waals surface area contributed by atoms with Crippen molar-refractivity contribution in [3.63, 3.8) is 0 Å². The van der Waals surface area contributed by atoms with E-state index in [9.17, 15) is 13.2 Å². The number of rotatable bonds is 3. The van der Waals surface area contributed by atoms with Crippen molar-refractivity contribution in [3.05, 3.63) is 29.3 Å². The molecule has 0 saturated carbocycles. The molecule has 1 aliphatic rings. The Morgan fingerprint density at radius 1 is 1.29 bits per heavy atom. The lowest BCUT2D eigenvalue weighted by atomic mass is 10.0. The van der Waals surface area contributed by atoms with Crippen LogP contribution in [0.2, 0.25) is 0 Å². The lowest BCUT2D eigenvalue weighted by Gasteiger charge is -2.34. The van der Waals surface area contributed by atoms with Gasteiger partial charge in [-0.15, -0.1) is 0 Å². The minimum absolute atomic E-state index is 0.122. The van der Waals surface area contributed by atoms with E-state index in [1.54, 1.807) is 18.2 Å². The van der Waals surface area contributed by atoms with E-state index in [2.05, 4.69) is 4.99 Å². The summed E-state index contributed by atoms with van der Waals surface area (Å²) in [6.45, 7) is 6.09. The first-order valence-electron chi connectivity index (χ1n) is 7.02. The van der Waals surface area contributed by atoms with E-state index >= 15 is 0 Å². The van der Waals surface area contributed by atoms with Crippen LogP contribution in [-0.2, 0) is 14.8 Å². The van der Waals surface area contributed by atoms with Crippen molar-refractivity contribution < 1.29 is 13.2 Å². The average Bonchev–Trinajstić information content (AvgIpc) is 2.42. The summed E-state index contributed by atoms with van der Waals surface area (Å²) in [5.41, 5.74) is 2.03. The zero-order valence-electron chi connectivity index (χ0n) is 12.5. The lowest BCUT2D eigenvalue weighted by molar-refractivity contribution is 0.248. The molecule has 2 unspecified atom stereocenters. The molecule has 1 saturated heterocycles. The molecule has 0 spiro atoms. The van der Waals surface area contributed by atoms with Crippen LogP contribution in [0.25, 0.3) is 0 Å². The van der Waals surface area contributed by atoms with Crippen molar-refractivity contribution in [2.24, 2.45) is 4.99 Å². The van der Waals surface area contributed by atoms with Crippen LogP contribution in [0, 0.1) is 13.8 Å². The van der Waals surface area contributed by atoms with Crippen molar-refractivity contribution in [1.29, 1.82) is 0 Å². The molecular formula is C15H20N2O3S. The molecule has 2 rings (SSSR count). The maximum atomic E-state index is 12.7. The quantitative estimate of drug-likeness (QED) is 0.635. The van der Waals surface area contributed by atoms with E-state index in [1.165, 1.54) is 4.31 Å². The van der Waals surface area contributed by atoms with Crippen LogP contribution in [0.15, 0.2) is 28.1 Å². The van der Waals surface area contributed by atoms with Crippen LogP contribution in [0.1, 0.15) is 30.9 Å². The Balaban J connectivity index is 2.27. The van der Waals surface area contributed by atoms with Gasteiger partial charge >= 0.3 is 0 Å². The number of sulfonamides is 1. The Bertz CT molecular complexity index is 678. The first kappa shape index (κ1) is 15.9. The normalized spacial score (nSPS) is 23.6. The SMILES string of the molecule is Cc1ccc(S(=O)(=O)N2CCC(N=C=O)CC2C)cc1C. The van der Waals surface area contributed by atoms with Crippen LogP contribution in [0.3, 0.4) is 0 Å². The van der Waals surface area contributed by atoms with E-state index in [0.29, 0.717) is 24.3 Å². The molecule has 2 atom stereocenters. The van der Waals surface area contributed by atoms with Gasteiger partial charge in [0.1, 0.15) is 0 Å². The fraction of sp³-hybridized carbons (Fsp3) is 0.533. The fourth-order valence-electron chi connectivity index (χ4n) is 2.68. The van der Waals surface area contributed by atoms with Gasteiger partial charge < -0.3 is 0 Å². The highest BCUT2D eigenvalue weighted by Gasteiger charge is 2.34. The zero-order valence-corrected chi connectivity index (χ0v) is 13.4. The van der Waals surface area contributed by atoms with Gasteiger partial charge in [-0.25, -0.2) is 18.2 Å². The molecule has 21 heavy (non-hydrogen) atoms. The third-order valence-corrected chi connectivity index (χ3v) is 6.12. The molecule has 114 valence electrons. The largest absolute Gasteiger partial charge is 0.243 e. The van der Waals surface area contributed by atoms with Gasteiger partial charge in [-0.2, -0.15) is 4.31 Å². The molecule has 0 radical (unpaired) electrons. The Morgan fingerprint density at radius 2 is 2.00 bits per heavy atom. The molecule has 0 amide bonds. The van der Waals surface area contributed by atoms with E-state index in [0.717, 1.165) is 11.1 Å². The Kier molecular flexibility index (Phi) is 4.61. The second-order valence-electron chi connectivity index (χ2n) is 5.61. The summed E-state index contributed by atoms with van der Waals surface area (Å²) >= 11 is 0. The predicted octanol–water partition coefficient (Wildman–Crippen LogP) is 2.18. The monoisotopic (exact) mass is 308 g/mol. The van der Waals surface area contributed by atoms with Crippen LogP contribution in [-0.4, -0.2) is 37.4 Å². The number of aliphatic imine (C=N–C) groups is 1. The van der Waals surface area contributed by atoms with E-state index in [1.807, 2.05) is 26.8 Å². The lowest BCUT2D eigenvalue weighted by Crippen LogP contribution is -2.45. The summed E-state index contributed by atoms with van der Waals surface area (Å²) in [5.74, 6) is 0. The molecule has 0 aromatic heterocycles. The van der Waals surface area contributed by atoms with Gasteiger partial charge in [0, 0.05) is 12.6 Å². The van der Waals surface area contributed by atoms with Crippen molar-refractivity contribution in [2.75, 3.05) is 6.54 Å². The molecule has 0 N–H and O–H groups in total. The van der Waals surface area contributed by atoms with Gasteiger partial charge in [0.15, 0.2) is 0 Å². The summed E-state index contributed by atoms with van der Waals surface area (Å²) < 4.78 is 27.0.